The van der Waals surface area contributed by atoms with Crippen molar-refractivity contribution in [2.75, 3.05) is 0 Å². The lowest BCUT2D eigenvalue weighted by Gasteiger charge is -2.24. The number of nitrogens with two attached hydrogens (primary N) is 1. The lowest BCUT2D eigenvalue weighted by molar-refractivity contribution is -0.143. The number of amides is 3. The molecule has 0 spiro atoms. The van der Waals surface area contributed by atoms with Gasteiger partial charge in [-0.25, -0.2) is 9.78 Å². The van der Waals surface area contributed by atoms with Crippen molar-refractivity contribution in [3.63, 3.8) is 0 Å². The molecule has 0 radical (unpaired) electrons. The number of rotatable bonds is 12. The summed E-state index contributed by atoms with van der Waals surface area (Å²) in [5.41, 5.74) is 6.03. The molecule has 0 aliphatic heterocycles. The molecule has 1 aromatic rings. The molecule has 1 rings (SSSR count). The summed E-state index contributed by atoms with van der Waals surface area (Å²) in [6.07, 6.45) is 2.14. The first-order valence-corrected chi connectivity index (χ1v) is 9.50. The van der Waals surface area contributed by atoms with Crippen LogP contribution < -0.4 is 21.7 Å². The minimum Gasteiger partial charge on any atom is -0.481 e. The van der Waals surface area contributed by atoms with Gasteiger partial charge in [-0.15, -0.1) is 0 Å². The molecule has 8 N–H and O–H groups in total. The van der Waals surface area contributed by atoms with E-state index in [-0.39, 0.29) is 12.3 Å². The van der Waals surface area contributed by atoms with Crippen LogP contribution in [0, 0.1) is 5.92 Å². The molecule has 0 fully saturated rings. The maximum Gasteiger partial charge on any atom is 0.326 e. The first kappa shape index (κ1) is 25.6. The summed E-state index contributed by atoms with van der Waals surface area (Å²) in [5, 5.41) is 25.1. The van der Waals surface area contributed by atoms with Crippen LogP contribution in [0.5, 0.6) is 0 Å². The first-order valence-electron chi connectivity index (χ1n) is 9.50. The van der Waals surface area contributed by atoms with Crippen molar-refractivity contribution < 1.29 is 34.2 Å². The Morgan fingerprint density at radius 1 is 1.03 bits per heavy atom. The SMILES string of the molecule is CC(NC(=O)C(Cc1cnc[nH]1)NC(=O)C(N)CC(=O)O)C(=O)NC(C(=O)O)C(C)C. The highest BCUT2D eigenvalue weighted by molar-refractivity contribution is 5.94. The topological polar surface area (TPSA) is 217 Å². The number of carboxylic acids is 2. The number of hydrogen-bond donors (Lipinski definition) is 7. The Morgan fingerprint density at radius 2 is 1.68 bits per heavy atom. The Labute approximate surface area is 178 Å². The van der Waals surface area contributed by atoms with Crippen molar-refractivity contribution in [2.24, 2.45) is 11.7 Å². The van der Waals surface area contributed by atoms with Crippen LogP contribution in [0.4, 0.5) is 0 Å². The number of aromatic nitrogens is 2. The van der Waals surface area contributed by atoms with E-state index >= 15 is 0 Å². The number of carboxylic acid groups (broad SMARTS) is 2. The zero-order valence-corrected chi connectivity index (χ0v) is 17.4. The van der Waals surface area contributed by atoms with Crippen molar-refractivity contribution >= 4 is 29.7 Å². The van der Waals surface area contributed by atoms with E-state index in [1.807, 2.05) is 0 Å². The van der Waals surface area contributed by atoms with Gasteiger partial charge < -0.3 is 36.9 Å². The molecule has 4 unspecified atom stereocenters. The standard InChI is InChI=1S/C18H28N6O7/c1-8(2)14(18(30)31)24-15(27)9(3)22-17(29)12(4-10-6-20-7-21-10)23-16(28)11(19)5-13(25)26/h6-9,11-12,14H,4-5,19H2,1-3H3,(H,20,21)(H,22,29)(H,23,28)(H,24,27)(H,25,26)(H,30,31). The summed E-state index contributed by atoms with van der Waals surface area (Å²) in [5.74, 6) is -5.19. The zero-order valence-electron chi connectivity index (χ0n) is 17.4. The molecule has 13 heteroatoms. The molecule has 13 nitrogen and oxygen atoms in total. The molecule has 1 aromatic heterocycles. The minimum atomic E-state index is -1.38. The third kappa shape index (κ3) is 8.42. The van der Waals surface area contributed by atoms with E-state index in [0.717, 1.165) is 0 Å². The van der Waals surface area contributed by atoms with E-state index in [0.29, 0.717) is 5.69 Å². The minimum absolute atomic E-state index is 0.0323. The van der Waals surface area contributed by atoms with Crippen molar-refractivity contribution in [3.8, 4) is 0 Å². The Morgan fingerprint density at radius 3 is 2.16 bits per heavy atom. The second-order valence-corrected chi connectivity index (χ2v) is 7.35. The number of hydrogen-bond acceptors (Lipinski definition) is 7. The van der Waals surface area contributed by atoms with Gasteiger partial charge in [0.05, 0.1) is 18.8 Å². The smallest absolute Gasteiger partial charge is 0.326 e. The number of H-pyrrole nitrogens is 1. The van der Waals surface area contributed by atoms with Crippen LogP contribution in [0.2, 0.25) is 0 Å². The Kier molecular flexibility index (Phi) is 9.60. The molecule has 31 heavy (non-hydrogen) atoms. The van der Waals surface area contributed by atoms with E-state index in [1.54, 1.807) is 13.8 Å². The molecular formula is C18H28N6O7. The van der Waals surface area contributed by atoms with Crippen molar-refractivity contribution in [1.29, 1.82) is 0 Å². The molecule has 4 atom stereocenters. The number of imidazole rings is 1. The van der Waals surface area contributed by atoms with E-state index in [9.17, 15) is 29.1 Å². The molecule has 0 saturated carbocycles. The number of carbonyl (C=O) groups excluding carboxylic acids is 3. The van der Waals surface area contributed by atoms with Gasteiger partial charge in [-0.05, 0) is 12.8 Å². The molecule has 0 aromatic carbocycles. The molecule has 1 heterocycles. The number of nitrogens with zero attached hydrogens (tertiary/aromatic N) is 1. The van der Waals surface area contributed by atoms with Crippen LogP contribution in [0.15, 0.2) is 12.5 Å². The van der Waals surface area contributed by atoms with Gasteiger partial charge in [0.25, 0.3) is 0 Å². The van der Waals surface area contributed by atoms with Gasteiger partial charge in [-0.3, -0.25) is 19.2 Å². The predicted molar refractivity (Wildman–Crippen MR) is 106 cm³/mol. The molecular weight excluding hydrogens is 412 g/mol. The van der Waals surface area contributed by atoms with Gasteiger partial charge in [-0.1, -0.05) is 13.8 Å². The third-order valence-corrected chi connectivity index (χ3v) is 4.33. The predicted octanol–water partition coefficient (Wildman–Crippen LogP) is -2.03. The van der Waals surface area contributed by atoms with Crippen molar-refractivity contribution in [3.05, 3.63) is 18.2 Å². The fraction of sp³-hybridized carbons (Fsp3) is 0.556. The Balaban J connectivity index is 2.86. The van der Waals surface area contributed by atoms with Gasteiger partial charge in [0.1, 0.15) is 18.1 Å². The highest BCUT2D eigenvalue weighted by atomic mass is 16.4. The number of aliphatic carboxylic acids is 2. The Bertz CT molecular complexity index is 795. The van der Waals surface area contributed by atoms with E-state index in [2.05, 4.69) is 25.9 Å². The summed E-state index contributed by atoms with van der Waals surface area (Å²) in [6.45, 7) is 4.61. The highest BCUT2D eigenvalue weighted by Gasteiger charge is 2.30. The maximum atomic E-state index is 12.7. The normalized spacial score (nSPS) is 14.7. The third-order valence-electron chi connectivity index (χ3n) is 4.33. The lowest BCUT2D eigenvalue weighted by Crippen LogP contribution is -2.57. The average Bonchev–Trinajstić information content (AvgIpc) is 3.17. The molecule has 3 amide bonds. The zero-order chi connectivity index (χ0) is 23.7. The summed E-state index contributed by atoms with van der Waals surface area (Å²) in [4.78, 5) is 65.8. The van der Waals surface area contributed by atoms with Crippen LogP contribution in [0.3, 0.4) is 0 Å². The van der Waals surface area contributed by atoms with Crippen molar-refractivity contribution in [2.45, 2.75) is 57.8 Å². The van der Waals surface area contributed by atoms with Gasteiger partial charge in [0.2, 0.25) is 17.7 Å². The second kappa shape index (κ2) is 11.6. The molecule has 0 aliphatic carbocycles. The van der Waals surface area contributed by atoms with Gasteiger partial charge in [-0.2, -0.15) is 0 Å². The van der Waals surface area contributed by atoms with Crippen LogP contribution in [0.25, 0.3) is 0 Å². The number of aromatic amines is 1. The highest BCUT2D eigenvalue weighted by Crippen LogP contribution is 2.04. The monoisotopic (exact) mass is 440 g/mol. The lowest BCUT2D eigenvalue weighted by atomic mass is 10.0. The van der Waals surface area contributed by atoms with Crippen LogP contribution in [-0.4, -0.2) is 74.0 Å². The first-order chi connectivity index (χ1) is 14.4. The van der Waals surface area contributed by atoms with Crippen molar-refractivity contribution in [1.82, 2.24) is 25.9 Å². The summed E-state index contributed by atoms with van der Waals surface area (Å²) >= 11 is 0. The van der Waals surface area contributed by atoms with Crippen LogP contribution in [-0.2, 0) is 30.4 Å². The average molecular weight is 440 g/mol. The number of nitrogens with one attached hydrogen (secondary N) is 4. The summed E-state index contributed by atoms with van der Waals surface area (Å²) < 4.78 is 0. The molecule has 0 aliphatic rings. The fourth-order valence-electron chi connectivity index (χ4n) is 2.56. The maximum absolute atomic E-state index is 12.7. The summed E-state index contributed by atoms with van der Waals surface area (Å²) in [7, 11) is 0. The second-order valence-electron chi connectivity index (χ2n) is 7.35. The number of carbonyl (C=O) groups is 5. The molecule has 172 valence electrons. The Hall–Kier alpha value is -3.48. The van der Waals surface area contributed by atoms with E-state index in [1.165, 1.54) is 19.4 Å². The van der Waals surface area contributed by atoms with E-state index < -0.39 is 60.2 Å². The van der Waals surface area contributed by atoms with Crippen LogP contribution in [0.1, 0.15) is 32.9 Å². The fourth-order valence-corrected chi connectivity index (χ4v) is 2.56. The van der Waals surface area contributed by atoms with Crippen LogP contribution >= 0.6 is 0 Å². The molecule has 0 saturated heterocycles. The van der Waals surface area contributed by atoms with E-state index in [4.69, 9.17) is 10.8 Å². The van der Waals surface area contributed by atoms with Gasteiger partial charge in [0, 0.05) is 18.3 Å². The largest absolute Gasteiger partial charge is 0.481 e. The van der Waals surface area contributed by atoms with Gasteiger partial charge >= 0.3 is 11.9 Å². The molecule has 0 bridgehead atoms. The quantitative estimate of drug-likeness (QED) is 0.190. The summed E-state index contributed by atoms with van der Waals surface area (Å²) in [6, 6.07) is -4.82. The van der Waals surface area contributed by atoms with Gasteiger partial charge in [0.15, 0.2) is 0 Å².